The van der Waals surface area contributed by atoms with Gasteiger partial charge in [0.1, 0.15) is 5.82 Å². The molecule has 0 saturated heterocycles. The Labute approximate surface area is 171 Å². The Morgan fingerprint density at radius 3 is 2.41 bits per heavy atom. The van der Waals surface area contributed by atoms with Crippen molar-refractivity contribution in [3.63, 3.8) is 0 Å². The van der Waals surface area contributed by atoms with Gasteiger partial charge in [-0.1, -0.05) is 35.3 Å². The second kappa shape index (κ2) is 7.23. The maximum Gasteiger partial charge on any atom is 0.290 e. The Morgan fingerprint density at radius 1 is 1.03 bits per heavy atom. The highest BCUT2D eigenvalue weighted by Crippen LogP contribution is 2.26. The Hall–Kier alpha value is -3.36. The van der Waals surface area contributed by atoms with E-state index in [2.05, 4.69) is 15.4 Å². The summed E-state index contributed by atoms with van der Waals surface area (Å²) in [5.74, 6) is -1.58. The predicted molar refractivity (Wildman–Crippen MR) is 108 cm³/mol. The number of amides is 1. The summed E-state index contributed by atoms with van der Waals surface area (Å²) in [7, 11) is 0. The molecule has 2 heterocycles. The number of anilines is 1. The summed E-state index contributed by atoms with van der Waals surface area (Å²) < 4.78 is 14.8. The number of nitrogens with zero attached hydrogens (tertiary/aromatic N) is 1. The Morgan fingerprint density at radius 2 is 1.72 bits per heavy atom. The van der Waals surface area contributed by atoms with Gasteiger partial charge in [-0.3, -0.25) is 19.5 Å². The largest absolute Gasteiger partial charge is 0.338 e. The first-order valence-corrected chi connectivity index (χ1v) is 8.99. The standard InChI is InChI=1S/C19H11Cl2FN4O3/c20-10-5-9(6-11(21)7-10)14-8-15(27)26-17(23-14)16(19(29)25-26)24-18(28)12-3-1-2-4-13(12)22/h1-8,23H,(H,24,28)(H,25,29). The van der Waals surface area contributed by atoms with Crippen molar-refractivity contribution in [3.8, 4) is 11.3 Å². The Kier molecular flexibility index (Phi) is 4.73. The molecular formula is C19H11Cl2FN4O3. The molecule has 0 radical (unpaired) electrons. The van der Waals surface area contributed by atoms with E-state index in [0.29, 0.717) is 21.3 Å². The third-order valence-electron chi connectivity index (χ3n) is 4.17. The number of rotatable bonds is 3. The number of aromatic nitrogens is 3. The average molecular weight is 433 g/mol. The number of nitrogens with one attached hydrogen (secondary N) is 3. The van der Waals surface area contributed by atoms with Gasteiger partial charge in [0.2, 0.25) is 0 Å². The van der Waals surface area contributed by atoms with E-state index in [1.165, 1.54) is 30.3 Å². The minimum absolute atomic E-state index is 0.00159. The van der Waals surface area contributed by atoms with Crippen LogP contribution in [0.4, 0.5) is 10.1 Å². The highest BCUT2D eigenvalue weighted by atomic mass is 35.5. The second-order valence-electron chi connectivity index (χ2n) is 6.11. The van der Waals surface area contributed by atoms with E-state index in [1.54, 1.807) is 12.1 Å². The summed E-state index contributed by atoms with van der Waals surface area (Å²) in [6.07, 6.45) is 0. The Balaban J connectivity index is 1.85. The number of aromatic amines is 2. The molecule has 1 amide bonds. The lowest BCUT2D eigenvalue weighted by molar-refractivity contribution is 0.102. The number of hydrogen-bond donors (Lipinski definition) is 3. The van der Waals surface area contributed by atoms with Gasteiger partial charge in [-0.05, 0) is 30.3 Å². The molecule has 3 N–H and O–H groups in total. The number of benzene rings is 2. The molecule has 0 saturated carbocycles. The second-order valence-corrected chi connectivity index (χ2v) is 6.99. The quantitative estimate of drug-likeness (QED) is 0.460. The van der Waals surface area contributed by atoms with Gasteiger partial charge < -0.3 is 10.3 Å². The topological polar surface area (TPSA) is 99.2 Å². The molecule has 0 aliphatic carbocycles. The number of H-pyrrole nitrogens is 2. The normalized spacial score (nSPS) is 11.0. The minimum Gasteiger partial charge on any atom is -0.338 e. The summed E-state index contributed by atoms with van der Waals surface area (Å²) in [6, 6.07) is 11.3. The fourth-order valence-electron chi connectivity index (χ4n) is 2.88. The van der Waals surface area contributed by atoms with Crippen LogP contribution in [0.5, 0.6) is 0 Å². The predicted octanol–water partition coefficient (Wildman–Crippen LogP) is 3.68. The van der Waals surface area contributed by atoms with Gasteiger partial charge in [-0.25, -0.2) is 4.39 Å². The monoisotopic (exact) mass is 432 g/mol. The molecule has 146 valence electrons. The Bertz CT molecular complexity index is 1370. The molecule has 0 atom stereocenters. The summed E-state index contributed by atoms with van der Waals surface area (Å²) in [5.41, 5.74) is -0.949. The smallest absolute Gasteiger partial charge is 0.290 e. The molecule has 10 heteroatoms. The van der Waals surface area contributed by atoms with Gasteiger partial charge in [-0.2, -0.15) is 4.52 Å². The molecule has 2 aromatic carbocycles. The molecule has 0 aliphatic heterocycles. The SMILES string of the molecule is O=C(Nc1c(=O)[nH]n2c(=O)cc(-c3cc(Cl)cc(Cl)c3)[nH]c12)c1ccccc1F. The maximum absolute atomic E-state index is 13.9. The first-order valence-electron chi connectivity index (χ1n) is 8.24. The summed E-state index contributed by atoms with van der Waals surface area (Å²) in [5, 5.41) is 5.39. The van der Waals surface area contributed by atoms with E-state index in [4.69, 9.17) is 23.2 Å². The lowest BCUT2D eigenvalue weighted by Crippen LogP contribution is -2.18. The zero-order valence-electron chi connectivity index (χ0n) is 14.4. The van der Waals surface area contributed by atoms with Crippen molar-refractivity contribution in [3.05, 3.63) is 90.7 Å². The van der Waals surface area contributed by atoms with E-state index in [-0.39, 0.29) is 16.9 Å². The number of carbonyl (C=O) groups excluding carboxylic acids is 1. The summed E-state index contributed by atoms with van der Waals surface area (Å²) in [4.78, 5) is 40.1. The van der Waals surface area contributed by atoms with Gasteiger partial charge >= 0.3 is 0 Å². The molecule has 0 unspecified atom stereocenters. The van der Waals surface area contributed by atoms with Crippen LogP contribution >= 0.6 is 23.2 Å². The van der Waals surface area contributed by atoms with Crippen LogP contribution in [0.25, 0.3) is 16.9 Å². The minimum atomic E-state index is -0.834. The van der Waals surface area contributed by atoms with Gasteiger partial charge in [-0.15, -0.1) is 0 Å². The van der Waals surface area contributed by atoms with Crippen LogP contribution in [0, 0.1) is 5.82 Å². The van der Waals surface area contributed by atoms with Crippen LogP contribution in [0.1, 0.15) is 10.4 Å². The van der Waals surface area contributed by atoms with Crippen LogP contribution in [0.2, 0.25) is 10.0 Å². The first kappa shape index (κ1) is 19.0. The van der Waals surface area contributed by atoms with Crippen LogP contribution in [0.3, 0.4) is 0 Å². The third-order valence-corrected chi connectivity index (χ3v) is 4.61. The van der Waals surface area contributed by atoms with E-state index in [9.17, 15) is 18.8 Å². The van der Waals surface area contributed by atoms with Crippen molar-refractivity contribution in [1.82, 2.24) is 14.6 Å². The molecule has 0 fully saturated rings. The zero-order valence-corrected chi connectivity index (χ0v) is 15.9. The van der Waals surface area contributed by atoms with Gasteiger partial charge in [0.15, 0.2) is 11.3 Å². The number of hydrogen-bond acceptors (Lipinski definition) is 3. The number of carbonyl (C=O) groups is 1. The van der Waals surface area contributed by atoms with Crippen molar-refractivity contribution in [2.24, 2.45) is 0 Å². The first-order chi connectivity index (χ1) is 13.8. The van der Waals surface area contributed by atoms with Gasteiger partial charge in [0, 0.05) is 21.7 Å². The fraction of sp³-hybridized carbons (Fsp3) is 0. The molecule has 4 aromatic rings. The van der Waals surface area contributed by atoms with Crippen molar-refractivity contribution in [2.45, 2.75) is 0 Å². The molecule has 0 bridgehead atoms. The zero-order chi connectivity index (χ0) is 20.7. The molecular weight excluding hydrogens is 422 g/mol. The van der Waals surface area contributed by atoms with Crippen molar-refractivity contribution in [2.75, 3.05) is 5.32 Å². The number of fused-ring (bicyclic) bond motifs is 1. The van der Waals surface area contributed by atoms with Crippen LogP contribution in [0.15, 0.2) is 58.1 Å². The molecule has 0 spiro atoms. The van der Waals surface area contributed by atoms with E-state index in [0.717, 1.165) is 10.6 Å². The van der Waals surface area contributed by atoms with E-state index in [1.807, 2.05) is 0 Å². The summed E-state index contributed by atoms with van der Waals surface area (Å²) in [6.45, 7) is 0. The molecule has 7 nitrogen and oxygen atoms in total. The molecule has 2 aromatic heterocycles. The maximum atomic E-state index is 13.9. The van der Waals surface area contributed by atoms with Crippen LogP contribution in [-0.2, 0) is 0 Å². The summed E-state index contributed by atoms with van der Waals surface area (Å²) >= 11 is 12.0. The lowest BCUT2D eigenvalue weighted by Gasteiger charge is -2.07. The molecule has 29 heavy (non-hydrogen) atoms. The average Bonchev–Trinajstić information content (AvgIpc) is 2.97. The van der Waals surface area contributed by atoms with Crippen LogP contribution < -0.4 is 16.4 Å². The highest BCUT2D eigenvalue weighted by molar-refractivity contribution is 6.35. The van der Waals surface area contributed by atoms with Crippen molar-refractivity contribution >= 4 is 40.4 Å². The fourth-order valence-corrected chi connectivity index (χ4v) is 3.40. The van der Waals surface area contributed by atoms with E-state index < -0.39 is 22.8 Å². The van der Waals surface area contributed by atoms with Crippen LogP contribution in [-0.4, -0.2) is 20.5 Å². The van der Waals surface area contributed by atoms with Crippen molar-refractivity contribution in [1.29, 1.82) is 0 Å². The molecule has 0 aliphatic rings. The van der Waals surface area contributed by atoms with Crippen molar-refractivity contribution < 1.29 is 9.18 Å². The number of halogens is 3. The van der Waals surface area contributed by atoms with Gasteiger partial charge in [0.05, 0.1) is 11.3 Å². The van der Waals surface area contributed by atoms with E-state index >= 15 is 0 Å². The lowest BCUT2D eigenvalue weighted by atomic mass is 10.1. The molecule has 4 rings (SSSR count). The third kappa shape index (κ3) is 3.55. The highest BCUT2D eigenvalue weighted by Gasteiger charge is 2.18. The van der Waals surface area contributed by atoms with Gasteiger partial charge in [0.25, 0.3) is 17.0 Å².